The fourth-order valence-corrected chi connectivity index (χ4v) is 7.14. The van der Waals surface area contributed by atoms with E-state index in [0.717, 1.165) is 36.8 Å². The van der Waals surface area contributed by atoms with Crippen LogP contribution in [-0.2, 0) is 18.0 Å². The molecular formula is C23H46O4Si. The minimum Gasteiger partial charge on any atom is -0.378 e. The highest BCUT2D eigenvalue weighted by molar-refractivity contribution is 6.60. The summed E-state index contributed by atoms with van der Waals surface area (Å²) in [6.45, 7) is 3.10. The SMILES string of the molecule is CCCCC[C@H]1CC[C@H]([C@H]2CC[C@H](OCCC[Si](OC)(OC)OC)CC2)CC1. The Morgan fingerprint density at radius 3 is 1.82 bits per heavy atom. The molecule has 0 heterocycles. The zero-order valence-electron chi connectivity index (χ0n) is 19.0. The highest BCUT2D eigenvalue weighted by Crippen LogP contribution is 2.41. The van der Waals surface area contributed by atoms with Crippen LogP contribution in [0.1, 0.15) is 90.4 Å². The van der Waals surface area contributed by atoms with Gasteiger partial charge in [-0.15, -0.1) is 0 Å². The maximum atomic E-state index is 6.18. The topological polar surface area (TPSA) is 36.9 Å². The van der Waals surface area contributed by atoms with E-state index in [4.69, 9.17) is 18.0 Å². The highest BCUT2D eigenvalue weighted by atomic mass is 28.4. The van der Waals surface area contributed by atoms with Gasteiger partial charge in [-0.05, 0) is 62.7 Å². The highest BCUT2D eigenvalue weighted by Gasteiger charge is 2.37. The van der Waals surface area contributed by atoms with E-state index in [0.29, 0.717) is 6.10 Å². The van der Waals surface area contributed by atoms with Crippen molar-refractivity contribution in [1.29, 1.82) is 0 Å². The average Bonchev–Trinajstić information content (AvgIpc) is 2.76. The van der Waals surface area contributed by atoms with Gasteiger partial charge in [0, 0.05) is 34.0 Å². The monoisotopic (exact) mass is 414 g/mol. The van der Waals surface area contributed by atoms with Crippen LogP contribution in [-0.4, -0.2) is 42.8 Å². The lowest BCUT2D eigenvalue weighted by Crippen LogP contribution is -2.42. The lowest BCUT2D eigenvalue weighted by atomic mass is 9.70. The second-order valence-corrected chi connectivity index (χ2v) is 12.2. The predicted octanol–water partition coefficient (Wildman–Crippen LogP) is 6.22. The van der Waals surface area contributed by atoms with Crippen molar-refractivity contribution in [2.24, 2.45) is 17.8 Å². The summed E-state index contributed by atoms with van der Waals surface area (Å²) in [5, 5.41) is 0. The van der Waals surface area contributed by atoms with E-state index in [1.54, 1.807) is 21.3 Å². The van der Waals surface area contributed by atoms with E-state index >= 15 is 0 Å². The van der Waals surface area contributed by atoms with Gasteiger partial charge >= 0.3 is 8.80 Å². The Morgan fingerprint density at radius 1 is 0.714 bits per heavy atom. The van der Waals surface area contributed by atoms with Crippen molar-refractivity contribution in [2.45, 2.75) is 103 Å². The Balaban J connectivity index is 1.57. The summed E-state index contributed by atoms with van der Waals surface area (Å²) in [4.78, 5) is 0. The molecule has 2 aliphatic rings. The first-order chi connectivity index (χ1) is 13.7. The van der Waals surface area contributed by atoms with Gasteiger partial charge < -0.3 is 18.0 Å². The number of unbranched alkanes of at least 4 members (excludes halogenated alkanes) is 2. The summed E-state index contributed by atoms with van der Waals surface area (Å²) in [5.41, 5.74) is 0. The zero-order chi connectivity index (χ0) is 20.2. The van der Waals surface area contributed by atoms with Crippen molar-refractivity contribution in [1.82, 2.24) is 0 Å². The maximum Gasteiger partial charge on any atom is 0.500 e. The molecular weight excluding hydrogens is 368 g/mol. The van der Waals surface area contributed by atoms with Crippen LogP contribution in [0, 0.1) is 17.8 Å². The van der Waals surface area contributed by atoms with Crippen LogP contribution in [0.4, 0.5) is 0 Å². The summed E-state index contributed by atoms with van der Waals surface area (Å²) in [6.07, 6.45) is 18.4. The molecule has 0 aromatic rings. The summed E-state index contributed by atoms with van der Waals surface area (Å²) in [5.74, 6) is 3.00. The summed E-state index contributed by atoms with van der Waals surface area (Å²) >= 11 is 0. The molecule has 28 heavy (non-hydrogen) atoms. The van der Waals surface area contributed by atoms with Crippen LogP contribution in [0.5, 0.6) is 0 Å². The van der Waals surface area contributed by atoms with Gasteiger partial charge in [0.1, 0.15) is 0 Å². The van der Waals surface area contributed by atoms with Crippen LogP contribution in [0.3, 0.4) is 0 Å². The molecule has 4 nitrogen and oxygen atoms in total. The minimum atomic E-state index is -2.43. The average molecular weight is 415 g/mol. The Bertz CT molecular complexity index is 378. The second-order valence-electron chi connectivity index (χ2n) is 9.08. The molecule has 2 rings (SSSR count). The molecule has 0 unspecified atom stereocenters. The summed E-state index contributed by atoms with van der Waals surface area (Å²) in [7, 11) is 2.61. The third kappa shape index (κ3) is 7.71. The van der Waals surface area contributed by atoms with Gasteiger partial charge in [0.25, 0.3) is 0 Å². The van der Waals surface area contributed by atoms with Crippen molar-refractivity contribution in [3.63, 3.8) is 0 Å². The number of rotatable bonds is 13. The smallest absolute Gasteiger partial charge is 0.378 e. The Hall–Kier alpha value is 0.0569. The molecule has 5 heteroatoms. The molecule has 2 fully saturated rings. The van der Waals surface area contributed by atoms with Gasteiger partial charge in [0.2, 0.25) is 0 Å². The van der Waals surface area contributed by atoms with Gasteiger partial charge in [-0.1, -0.05) is 45.4 Å². The van der Waals surface area contributed by atoms with E-state index in [9.17, 15) is 0 Å². The second kappa shape index (κ2) is 13.4. The van der Waals surface area contributed by atoms with Crippen LogP contribution >= 0.6 is 0 Å². The fourth-order valence-electron chi connectivity index (χ4n) is 5.45. The molecule has 0 aromatic carbocycles. The van der Waals surface area contributed by atoms with Crippen LogP contribution < -0.4 is 0 Å². The summed E-state index contributed by atoms with van der Waals surface area (Å²) < 4.78 is 22.6. The van der Waals surface area contributed by atoms with Gasteiger partial charge in [0.05, 0.1) is 6.10 Å². The molecule has 0 spiro atoms. The first-order valence-electron chi connectivity index (χ1n) is 11.9. The first-order valence-corrected chi connectivity index (χ1v) is 13.9. The van der Waals surface area contributed by atoms with Crippen molar-refractivity contribution < 1.29 is 18.0 Å². The normalized spacial score (nSPS) is 29.1. The Morgan fingerprint density at radius 2 is 1.29 bits per heavy atom. The van der Waals surface area contributed by atoms with Crippen LogP contribution in [0.15, 0.2) is 0 Å². The fraction of sp³-hybridized carbons (Fsp3) is 1.00. The molecule has 2 saturated carbocycles. The number of ether oxygens (including phenoxy) is 1. The van der Waals surface area contributed by atoms with E-state index in [1.807, 2.05) is 0 Å². The van der Waals surface area contributed by atoms with Gasteiger partial charge in [-0.3, -0.25) is 0 Å². The number of hydrogen-bond donors (Lipinski definition) is 0. The van der Waals surface area contributed by atoms with E-state index in [-0.39, 0.29) is 0 Å². The maximum absolute atomic E-state index is 6.18. The van der Waals surface area contributed by atoms with E-state index in [1.165, 1.54) is 77.0 Å². The Labute approximate surface area is 175 Å². The number of hydrogen-bond acceptors (Lipinski definition) is 4. The van der Waals surface area contributed by atoms with E-state index < -0.39 is 8.80 Å². The standard InChI is InChI=1S/C23H46O4Si/c1-5-6-7-9-20-10-12-21(13-11-20)22-14-16-23(17-15-22)27-18-8-19-28(24-2,25-3)26-4/h20-23H,5-19H2,1-4H3/t20-,21-,22-,23-. The third-order valence-electron chi connectivity index (χ3n) is 7.41. The van der Waals surface area contributed by atoms with E-state index in [2.05, 4.69) is 6.92 Å². The molecule has 0 amide bonds. The molecule has 0 radical (unpaired) electrons. The van der Waals surface area contributed by atoms with Crippen molar-refractivity contribution in [2.75, 3.05) is 27.9 Å². The third-order valence-corrected chi connectivity index (χ3v) is 10.2. The van der Waals surface area contributed by atoms with Crippen molar-refractivity contribution in [3.8, 4) is 0 Å². The molecule has 166 valence electrons. The lowest BCUT2D eigenvalue weighted by molar-refractivity contribution is 0.00547. The van der Waals surface area contributed by atoms with Gasteiger partial charge in [0.15, 0.2) is 0 Å². The largest absolute Gasteiger partial charge is 0.500 e. The van der Waals surface area contributed by atoms with Gasteiger partial charge in [-0.2, -0.15) is 0 Å². The molecule has 2 aliphatic carbocycles. The van der Waals surface area contributed by atoms with Crippen molar-refractivity contribution in [3.05, 3.63) is 0 Å². The molecule has 0 N–H and O–H groups in total. The predicted molar refractivity (Wildman–Crippen MR) is 117 cm³/mol. The van der Waals surface area contributed by atoms with Crippen LogP contribution in [0.2, 0.25) is 6.04 Å². The quantitative estimate of drug-likeness (QED) is 0.265. The summed E-state index contributed by atoms with van der Waals surface area (Å²) in [6, 6.07) is 0.827. The molecule has 0 bridgehead atoms. The first kappa shape index (κ1) is 24.3. The lowest BCUT2D eigenvalue weighted by Gasteiger charge is -2.38. The molecule has 0 aliphatic heterocycles. The Kier molecular flexibility index (Phi) is 11.6. The van der Waals surface area contributed by atoms with Gasteiger partial charge in [-0.25, -0.2) is 0 Å². The molecule has 0 aromatic heterocycles. The van der Waals surface area contributed by atoms with Crippen LogP contribution in [0.25, 0.3) is 0 Å². The van der Waals surface area contributed by atoms with Crippen molar-refractivity contribution >= 4 is 8.80 Å². The molecule has 0 atom stereocenters. The zero-order valence-corrected chi connectivity index (χ0v) is 20.0. The molecule has 0 saturated heterocycles. The minimum absolute atomic E-state index is 0.463.